The fourth-order valence-electron chi connectivity index (χ4n) is 2.92. The van der Waals surface area contributed by atoms with E-state index in [0.717, 1.165) is 32.0 Å². The fraction of sp³-hybridized carbons (Fsp3) is 0.100. The van der Waals surface area contributed by atoms with Crippen LogP contribution in [0.25, 0.3) is 20.9 Å². The monoisotopic (exact) mass is 395 g/mol. The van der Waals surface area contributed by atoms with Crippen molar-refractivity contribution in [2.75, 3.05) is 4.72 Å². The standard InChI is InChI=1S/C20H17N3O2S2/c1-13-8-9-18(14(2)11-13)27(24,25)23-16-6-3-5-15(12-16)19-22-17-7-4-10-21-20(17)26-19/h3-12,23H,1-2H3. The zero-order chi connectivity index (χ0) is 19.0. The second-order valence-electron chi connectivity index (χ2n) is 6.30. The molecular formula is C20H17N3O2S2. The maximum absolute atomic E-state index is 12.8. The number of sulfonamides is 1. The summed E-state index contributed by atoms with van der Waals surface area (Å²) in [6.07, 6.45) is 1.73. The minimum atomic E-state index is -3.66. The summed E-state index contributed by atoms with van der Waals surface area (Å²) in [6.45, 7) is 3.74. The van der Waals surface area contributed by atoms with Gasteiger partial charge in [0.05, 0.1) is 4.90 Å². The fourth-order valence-corrected chi connectivity index (χ4v) is 5.10. The zero-order valence-electron chi connectivity index (χ0n) is 14.8. The van der Waals surface area contributed by atoms with Gasteiger partial charge in [0.2, 0.25) is 0 Å². The number of hydrogen-bond donors (Lipinski definition) is 1. The van der Waals surface area contributed by atoms with Gasteiger partial charge >= 0.3 is 0 Å². The van der Waals surface area contributed by atoms with Crippen molar-refractivity contribution in [3.63, 3.8) is 0 Å². The van der Waals surface area contributed by atoms with Crippen LogP contribution >= 0.6 is 11.3 Å². The molecule has 4 aromatic rings. The summed E-state index contributed by atoms with van der Waals surface area (Å²) in [5.41, 5.74) is 3.92. The molecule has 1 N–H and O–H groups in total. The van der Waals surface area contributed by atoms with E-state index in [9.17, 15) is 8.42 Å². The van der Waals surface area contributed by atoms with Gasteiger partial charge < -0.3 is 0 Å². The van der Waals surface area contributed by atoms with Gasteiger partial charge in [-0.15, -0.1) is 0 Å². The Morgan fingerprint density at radius 2 is 1.85 bits per heavy atom. The van der Waals surface area contributed by atoms with Gasteiger partial charge in [0, 0.05) is 17.4 Å². The molecule has 0 fully saturated rings. The van der Waals surface area contributed by atoms with Gasteiger partial charge in [-0.1, -0.05) is 41.2 Å². The number of rotatable bonds is 4. The van der Waals surface area contributed by atoms with E-state index in [1.54, 1.807) is 37.4 Å². The maximum atomic E-state index is 12.8. The Bertz CT molecular complexity index is 1210. The number of hydrogen-bond acceptors (Lipinski definition) is 5. The van der Waals surface area contributed by atoms with Gasteiger partial charge in [-0.05, 0) is 49.7 Å². The molecule has 0 aliphatic heterocycles. The van der Waals surface area contributed by atoms with Crippen LogP contribution in [0.2, 0.25) is 0 Å². The van der Waals surface area contributed by atoms with Crippen molar-refractivity contribution in [2.24, 2.45) is 0 Å². The van der Waals surface area contributed by atoms with E-state index >= 15 is 0 Å². The molecule has 2 aromatic carbocycles. The lowest BCUT2D eigenvalue weighted by atomic mass is 10.2. The first-order valence-corrected chi connectivity index (χ1v) is 10.6. The number of pyridine rings is 1. The number of fused-ring (bicyclic) bond motifs is 1. The Hall–Kier alpha value is -2.77. The molecule has 0 atom stereocenters. The Labute approximate surface area is 161 Å². The van der Waals surface area contributed by atoms with E-state index in [1.807, 2.05) is 37.3 Å². The Kier molecular flexibility index (Phi) is 4.41. The number of aromatic nitrogens is 2. The number of aryl methyl sites for hydroxylation is 2. The third-order valence-corrected chi connectivity index (χ3v) is 6.72. The lowest BCUT2D eigenvalue weighted by Crippen LogP contribution is -2.14. The molecule has 0 spiro atoms. The smallest absolute Gasteiger partial charge is 0.262 e. The molecule has 7 heteroatoms. The predicted octanol–water partition coefficient (Wildman–Crippen LogP) is 4.78. The zero-order valence-corrected chi connectivity index (χ0v) is 16.4. The van der Waals surface area contributed by atoms with Gasteiger partial charge in [-0.2, -0.15) is 0 Å². The second-order valence-corrected chi connectivity index (χ2v) is 8.93. The molecule has 0 amide bonds. The van der Waals surface area contributed by atoms with Gasteiger partial charge in [0.1, 0.15) is 15.4 Å². The van der Waals surface area contributed by atoms with Gasteiger partial charge in [0.25, 0.3) is 10.0 Å². The molecule has 2 aromatic heterocycles. The maximum Gasteiger partial charge on any atom is 0.262 e. The molecule has 5 nitrogen and oxygen atoms in total. The highest BCUT2D eigenvalue weighted by Gasteiger charge is 2.17. The van der Waals surface area contributed by atoms with Crippen molar-refractivity contribution in [2.45, 2.75) is 18.7 Å². The van der Waals surface area contributed by atoms with Gasteiger partial charge in [-0.25, -0.2) is 18.4 Å². The molecule has 136 valence electrons. The second kappa shape index (κ2) is 6.75. The molecule has 2 heterocycles. The van der Waals surface area contributed by atoms with Crippen LogP contribution in [0, 0.1) is 13.8 Å². The summed E-state index contributed by atoms with van der Waals surface area (Å²) in [5, 5.41) is 0.802. The highest BCUT2D eigenvalue weighted by Crippen LogP contribution is 2.30. The van der Waals surface area contributed by atoms with Gasteiger partial charge in [0.15, 0.2) is 0 Å². The lowest BCUT2D eigenvalue weighted by molar-refractivity contribution is 0.600. The molecule has 0 saturated heterocycles. The summed E-state index contributed by atoms with van der Waals surface area (Å²) in [7, 11) is -3.66. The molecular weight excluding hydrogens is 378 g/mol. The van der Waals surface area contributed by atoms with Gasteiger partial charge in [-0.3, -0.25) is 4.72 Å². The first-order valence-electron chi connectivity index (χ1n) is 8.34. The van der Waals surface area contributed by atoms with Crippen molar-refractivity contribution >= 4 is 37.4 Å². The van der Waals surface area contributed by atoms with E-state index in [-0.39, 0.29) is 4.90 Å². The average molecular weight is 396 g/mol. The third kappa shape index (κ3) is 3.56. The number of thiazole rings is 1. The van der Waals surface area contributed by atoms with Crippen molar-refractivity contribution in [1.82, 2.24) is 9.97 Å². The molecule has 0 saturated carbocycles. The SMILES string of the molecule is Cc1ccc(S(=O)(=O)Nc2cccc(-c3nc4cccnc4s3)c2)c(C)c1. The summed E-state index contributed by atoms with van der Waals surface area (Å²) in [5.74, 6) is 0. The quantitative estimate of drug-likeness (QED) is 0.540. The highest BCUT2D eigenvalue weighted by atomic mass is 32.2. The van der Waals surface area contributed by atoms with Crippen molar-refractivity contribution in [3.8, 4) is 10.6 Å². The highest BCUT2D eigenvalue weighted by molar-refractivity contribution is 7.92. The van der Waals surface area contributed by atoms with Crippen LogP contribution in [0.1, 0.15) is 11.1 Å². The van der Waals surface area contributed by atoms with Crippen LogP contribution in [0.5, 0.6) is 0 Å². The topological polar surface area (TPSA) is 72.0 Å². The first kappa shape index (κ1) is 17.6. The Morgan fingerprint density at radius 1 is 1.00 bits per heavy atom. The molecule has 0 aliphatic carbocycles. The summed E-state index contributed by atoms with van der Waals surface area (Å²) < 4.78 is 28.2. The van der Waals surface area contributed by atoms with Crippen molar-refractivity contribution in [1.29, 1.82) is 0 Å². The molecule has 0 bridgehead atoms. The first-order chi connectivity index (χ1) is 12.9. The normalized spacial score (nSPS) is 11.6. The Balaban J connectivity index is 1.68. The average Bonchev–Trinajstić information content (AvgIpc) is 3.05. The number of benzene rings is 2. The number of nitrogens with one attached hydrogen (secondary N) is 1. The minimum Gasteiger partial charge on any atom is -0.280 e. The van der Waals surface area contributed by atoms with Crippen LogP contribution in [-0.4, -0.2) is 18.4 Å². The third-order valence-electron chi connectivity index (χ3n) is 4.15. The van der Waals surface area contributed by atoms with E-state index in [2.05, 4.69) is 14.7 Å². The van der Waals surface area contributed by atoms with Crippen LogP contribution < -0.4 is 4.72 Å². The van der Waals surface area contributed by atoms with Crippen molar-refractivity contribution < 1.29 is 8.42 Å². The van der Waals surface area contributed by atoms with E-state index in [0.29, 0.717) is 5.69 Å². The minimum absolute atomic E-state index is 0.280. The Morgan fingerprint density at radius 3 is 2.63 bits per heavy atom. The summed E-state index contributed by atoms with van der Waals surface area (Å²) in [4.78, 5) is 10.0. The van der Waals surface area contributed by atoms with Crippen LogP contribution in [0.4, 0.5) is 5.69 Å². The molecule has 4 rings (SSSR count). The lowest BCUT2D eigenvalue weighted by Gasteiger charge is -2.11. The molecule has 0 radical (unpaired) electrons. The summed E-state index contributed by atoms with van der Waals surface area (Å²) >= 11 is 1.48. The largest absolute Gasteiger partial charge is 0.280 e. The molecule has 27 heavy (non-hydrogen) atoms. The number of anilines is 1. The van der Waals surface area contributed by atoms with E-state index in [1.165, 1.54) is 11.3 Å². The van der Waals surface area contributed by atoms with Crippen LogP contribution in [-0.2, 0) is 10.0 Å². The molecule has 0 aliphatic rings. The van der Waals surface area contributed by atoms with Crippen LogP contribution in [0.15, 0.2) is 65.7 Å². The summed E-state index contributed by atoms with van der Waals surface area (Å²) in [6, 6.07) is 16.3. The van der Waals surface area contributed by atoms with Crippen LogP contribution in [0.3, 0.4) is 0 Å². The number of nitrogens with zero attached hydrogens (tertiary/aromatic N) is 2. The molecule has 0 unspecified atom stereocenters. The van der Waals surface area contributed by atoms with E-state index in [4.69, 9.17) is 0 Å². The van der Waals surface area contributed by atoms with E-state index < -0.39 is 10.0 Å². The predicted molar refractivity (Wildman–Crippen MR) is 110 cm³/mol. The van der Waals surface area contributed by atoms with Crippen molar-refractivity contribution in [3.05, 3.63) is 71.9 Å².